The van der Waals surface area contributed by atoms with Gasteiger partial charge in [-0.15, -0.1) is 0 Å². The van der Waals surface area contributed by atoms with Gasteiger partial charge in [0.2, 0.25) is 24.0 Å². The van der Waals surface area contributed by atoms with Crippen LogP contribution < -0.4 is 28.5 Å². The Morgan fingerprint density at radius 1 is 1.60 bits per heavy atom. The molecule has 1 aromatic heterocycles. The molecule has 0 unspecified atom stereocenters. The van der Waals surface area contributed by atoms with Gasteiger partial charge in [-0.2, -0.15) is 4.57 Å². The van der Waals surface area contributed by atoms with Crippen molar-refractivity contribution in [3.05, 3.63) is 18.7 Å². The predicted molar refractivity (Wildman–Crippen MR) is 34.7 cm³/mol. The maximum Gasteiger partial charge on any atom is 0.310 e. The Morgan fingerprint density at radius 2 is 2.20 bits per heavy atom. The topological polar surface area (TPSA) is 25.9 Å². The van der Waals surface area contributed by atoms with Gasteiger partial charge in [-0.25, -0.2) is 9.36 Å². The Morgan fingerprint density at radius 3 is 2.40 bits per heavy atom. The third kappa shape index (κ3) is 2.09. The van der Waals surface area contributed by atoms with Gasteiger partial charge in [0.1, 0.15) is 12.4 Å². The van der Waals surface area contributed by atoms with Crippen molar-refractivity contribution < 1.29 is 33.3 Å². The molecule has 1 heterocycles. The number of carbonyl (C=O) groups excluding carboxylic acids is 1. The summed E-state index contributed by atoms with van der Waals surface area (Å²) in [7, 11) is 1.87. The van der Waals surface area contributed by atoms with E-state index in [1.807, 2.05) is 17.8 Å². The van der Waals surface area contributed by atoms with Crippen LogP contribution in [0, 0.1) is 0 Å². The van der Waals surface area contributed by atoms with Gasteiger partial charge < -0.3 is 0 Å². The molecule has 1 aromatic rings. The lowest BCUT2D eigenvalue weighted by molar-refractivity contribution is -0.670. The fourth-order valence-corrected chi connectivity index (χ4v) is 0.636. The van der Waals surface area contributed by atoms with Crippen LogP contribution in [0.4, 0.5) is 0 Å². The third-order valence-electron chi connectivity index (χ3n) is 1.13. The van der Waals surface area contributed by atoms with Crippen LogP contribution in [0.3, 0.4) is 0 Å². The molecule has 3 nitrogen and oxygen atoms in total. The van der Waals surface area contributed by atoms with Crippen LogP contribution in [0.5, 0.6) is 0 Å². The minimum atomic E-state index is 0. The Labute approximate surface area is 76.7 Å². The molecule has 0 amide bonds. The second-order valence-corrected chi connectivity index (χ2v) is 2.01. The molecule has 1 rings (SSSR count). The van der Waals surface area contributed by atoms with Gasteiger partial charge in [-0.05, 0) is 0 Å². The summed E-state index contributed by atoms with van der Waals surface area (Å²) in [6.07, 6.45) is 5.27. The fourth-order valence-electron chi connectivity index (χ4n) is 0.636. The van der Waals surface area contributed by atoms with Crippen molar-refractivity contribution in [1.82, 2.24) is 4.57 Å². The minimum Gasteiger partial charge on any atom is -0.247 e. The van der Waals surface area contributed by atoms with E-state index in [9.17, 15) is 4.79 Å². The molecule has 0 aliphatic heterocycles. The second kappa shape index (κ2) is 3.70. The zero-order chi connectivity index (χ0) is 6.85. The largest absolute Gasteiger partial charge is 0.310 e. The molecular formula is C6H11IN2O+2. The van der Waals surface area contributed by atoms with E-state index in [4.69, 9.17) is 0 Å². The fraction of sp³-hybridized carbons (Fsp3) is 0.333. The summed E-state index contributed by atoms with van der Waals surface area (Å²) in [4.78, 5) is 10.6. The summed E-state index contributed by atoms with van der Waals surface area (Å²) in [6, 6.07) is 0. The molecule has 0 aliphatic carbocycles. The number of carbonyl (C=O) groups is 1. The van der Waals surface area contributed by atoms with Crippen LogP contribution in [-0.2, 0) is 7.05 Å². The number of halogens is 1. The second-order valence-electron chi connectivity index (χ2n) is 2.01. The molecule has 0 saturated carbocycles. The van der Waals surface area contributed by atoms with Crippen molar-refractivity contribution in [1.29, 1.82) is 0 Å². The molecule has 0 atom stereocenters. The number of hydrogen-bond acceptors (Lipinski definition) is 1. The summed E-state index contributed by atoms with van der Waals surface area (Å²) in [5, 5.41) is 0. The van der Waals surface area contributed by atoms with Crippen LogP contribution in [0.15, 0.2) is 18.7 Å². The van der Waals surface area contributed by atoms with Crippen molar-refractivity contribution in [3.63, 3.8) is 0 Å². The summed E-state index contributed by atoms with van der Waals surface area (Å²) in [6.45, 7) is 1.53. The van der Waals surface area contributed by atoms with Crippen molar-refractivity contribution in [2.24, 2.45) is 7.05 Å². The van der Waals surface area contributed by atoms with Gasteiger partial charge in [0, 0.05) is 6.92 Å². The molecular weight excluding hydrogens is 243 g/mol. The third-order valence-corrected chi connectivity index (χ3v) is 1.13. The van der Waals surface area contributed by atoms with Crippen LogP contribution in [0.1, 0.15) is 11.7 Å². The molecule has 0 saturated heterocycles. The molecule has 0 N–H and O–H groups in total. The quantitative estimate of drug-likeness (QED) is 0.347. The maximum absolute atomic E-state index is 10.6. The molecule has 0 aliphatic rings. The zero-order valence-corrected chi connectivity index (χ0v) is 8.53. The Bertz CT molecular complexity index is 231. The SMILES string of the molecule is CC(=O)n1cc[n+](C)c1.[IH2+]. The van der Waals surface area contributed by atoms with E-state index in [1.54, 1.807) is 12.5 Å². The number of rotatable bonds is 0. The lowest BCUT2D eigenvalue weighted by Crippen LogP contribution is -3.00. The first-order valence-electron chi connectivity index (χ1n) is 2.74. The van der Waals surface area contributed by atoms with Gasteiger partial charge in [-0.1, -0.05) is 0 Å². The van der Waals surface area contributed by atoms with Crippen molar-refractivity contribution >= 4 is 5.91 Å². The van der Waals surface area contributed by atoms with Gasteiger partial charge in [0.05, 0.1) is 7.05 Å². The Balaban J connectivity index is 0.000000810. The Hall–Kier alpha value is -0.390. The predicted octanol–water partition coefficient (Wildman–Crippen LogP) is -3.56. The number of imidazole rings is 1. The monoisotopic (exact) mass is 254 g/mol. The minimum absolute atomic E-state index is 0. The highest BCUT2D eigenvalue weighted by Gasteiger charge is 2.02. The summed E-state index contributed by atoms with van der Waals surface area (Å²) in [5.41, 5.74) is 0. The van der Waals surface area contributed by atoms with Gasteiger partial charge in [0.15, 0.2) is 0 Å². The number of aryl methyl sites for hydroxylation is 1. The van der Waals surface area contributed by atoms with Crippen LogP contribution in [0.25, 0.3) is 0 Å². The van der Waals surface area contributed by atoms with Gasteiger partial charge in [0.25, 0.3) is 6.33 Å². The average Bonchev–Trinajstić information content (AvgIpc) is 2.14. The summed E-state index contributed by atoms with van der Waals surface area (Å²) in [5.74, 6) is 0.0376. The summed E-state index contributed by atoms with van der Waals surface area (Å²) < 4.78 is 3.35. The first-order valence-corrected chi connectivity index (χ1v) is 2.74. The van der Waals surface area contributed by atoms with E-state index in [0.717, 1.165) is 0 Å². The van der Waals surface area contributed by atoms with Crippen LogP contribution >= 0.6 is 0 Å². The zero-order valence-electron chi connectivity index (χ0n) is 5.98. The highest BCUT2D eigenvalue weighted by atomic mass is 127. The van der Waals surface area contributed by atoms with E-state index >= 15 is 0 Å². The molecule has 0 radical (unpaired) electrons. The molecule has 0 spiro atoms. The maximum atomic E-state index is 10.6. The van der Waals surface area contributed by atoms with E-state index in [2.05, 4.69) is 0 Å². The van der Waals surface area contributed by atoms with Crippen molar-refractivity contribution in [3.8, 4) is 0 Å². The highest BCUT2D eigenvalue weighted by molar-refractivity contribution is 5.75. The summed E-state index contributed by atoms with van der Waals surface area (Å²) >= 11 is 0. The average molecular weight is 254 g/mol. The first-order chi connectivity index (χ1) is 4.20. The standard InChI is InChI=1S/C6H9N2O.H2I/c1-6(9)8-4-3-7(2)5-8;/h3-5H,1-2H3;1H2/q2*+1. The number of nitrogens with zero attached hydrogens (tertiary/aromatic N) is 2. The molecule has 0 bridgehead atoms. The smallest absolute Gasteiger partial charge is 0.247 e. The normalized spacial score (nSPS) is 8.60. The van der Waals surface area contributed by atoms with E-state index in [0.29, 0.717) is 0 Å². The van der Waals surface area contributed by atoms with Crippen LogP contribution in [-0.4, -0.2) is 10.5 Å². The van der Waals surface area contributed by atoms with E-state index < -0.39 is 0 Å². The van der Waals surface area contributed by atoms with Crippen LogP contribution in [0.2, 0.25) is 0 Å². The lowest BCUT2D eigenvalue weighted by Gasteiger charge is -1.80. The Kier molecular flexibility index (Phi) is 3.55. The van der Waals surface area contributed by atoms with Gasteiger partial charge >= 0.3 is 5.91 Å². The molecule has 10 heavy (non-hydrogen) atoms. The molecule has 4 heteroatoms. The molecule has 0 aromatic carbocycles. The highest BCUT2D eigenvalue weighted by Crippen LogP contribution is 1.80. The first kappa shape index (κ1) is 9.61. The number of aromatic nitrogens is 2. The number of hydrogen-bond donors (Lipinski definition) is 0. The van der Waals surface area contributed by atoms with Crippen molar-refractivity contribution in [2.45, 2.75) is 6.92 Å². The van der Waals surface area contributed by atoms with E-state index in [-0.39, 0.29) is 29.9 Å². The van der Waals surface area contributed by atoms with E-state index in [1.165, 1.54) is 11.5 Å². The lowest BCUT2D eigenvalue weighted by atomic mass is 10.7. The molecule has 0 fully saturated rings. The van der Waals surface area contributed by atoms with Gasteiger partial charge in [-0.3, -0.25) is 0 Å². The van der Waals surface area contributed by atoms with Crippen molar-refractivity contribution in [2.75, 3.05) is 0 Å². The molecule has 56 valence electrons.